The van der Waals surface area contributed by atoms with E-state index in [0.29, 0.717) is 0 Å². The predicted octanol–water partition coefficient (Wildman–Crippen LogP) is 2.76. The fourth-order valence-corrected chi connectivity index (χ4v) is 1.37. The van der Waals surface area contributed by atoms with Crippen molar-refractivity contribution in [2.24, 2.45) is 0 Å². The Kier molecular flexibility index (Phi) is 3.26. The maximum Gasteiger partial charge on any atom is 0 e. The Labute approximate surface area is 86.5 Å². The molecule has 0 saturated heterocycles. The molecule has 2 aliphatic carbocycles. The molecular weight excluding hydrogens is 211 g/mol. The molecule has 0 N–H and O–H groups in total. The third-order valence-corrected chi connectivity index (χ3v) is 1.95. The molecule has 0 spiro atoms. The van der Waals surface area contributed by atoms with Gasteiger partial charge in [0.05, 0.1) is 0 Å². The van der Waals surface area contributed by atoms with E-state index >= 15 is 0 Å². The van der Waals surface area contributed by atoms with Gasteiger partial charge in [0.25, 0.3) is 0 Å². The fourth-order valence-electron chi connectivity index (χ4n) is 1.37. The van der Waals surface area contributed by atoms with Gasteiger partial charge >= 0.3 is 0 Å². The molecule has 0 atom stereocenters. The molecule has 2 rings (SSSR count). The molecular formula is C10H10Zr. The van der Waals surface area contributed by atoms with Crippen LogP contribution in [-0.2, 0) is 26.2 Å². The van der Waals surface area contributed by atoms with Crippen molar-refractivity contribution in [2.75, 3.05) is 0 Å². The van der Waals surface area contributed by atoms with Crippen molar-refractivity contribution in [1.82, 2.24) is 0 Å². The minimum absolute atomic E-state index is 0. The van der Waals surface area contributed by atoms with Crippen LogP contribution in [0.3, 0.4) is 0 Å². The van der Waals surface area contributed by atoms with Crippen molar-refractivity contribution in [2.45, 2.75) is 12.8 Å². The average molecular weight is 221 g/mol. The zero-order valence-corrected chi connectivity index (χ0v) is 8.84. The number of hydrogen-bond acceptors (Lipinski definition) is 0. The van der Waals surface area contributed by atoms with Crippen LogP contribution in [0.2, 0.25) is 0 Å². The van der Waals surface area contributed by atoms with Gasteiger partial charge in [0, 0.05) is 26.2 Å². The second kappa shape index (κ2) is 4.02. The van der Waals surface area contributed by atoms with Gasteiger partial charge < -0.3 is 0 Å². The molecule has 0 saturated carbocycles. The Hall–Kier alpha value is -0.157. The smallest absolute Gasteiger partial charge is 0 e. The van der Waals surface area contributed by atoms with Crippen LogP contribution in [0.25, 0.3) is 0 Å². The van der Waals surface area contributed by atoms with E-state index in [2.05, 4.69) is 36.5 Å². The van der Waals surface area contributed by atoms with Crippen LogP contribution in [-0.4, -0.2) is 0 Å². The number of hydrogen-bond donors (Lipinski definition) is 0. The third kappa shape index (κ3) is 1.90. The van der Waals surface area contributed by atoms with Gasteiger partial charge in [-0.25, -0.2) is 0 Å². The zero-order valence-electron chi connectivity index (χ0n) is 6.38. The summed E-state index contributed by atoms with van der Waals surface area (Å²) in [5.74, 6) is 0. The summed E-state index contributed by atoms with van der Waals surface area (Å²) in [4.78, 5) is 0. The first-order chi connectivity index (χ1) is 4.97. The monoisotopic (exact) mass is 220 g/mol. The van der Waals surface area contributed by atoms with Crippen molar-refractivity contribution in [3.05, 3.63) is 47.6 Å². The fraction of sp³-hybridized carbons (Fsp3) is 0.200. The molecule has 0 heterocycles. The van der Waals surface area contributed by atoms with Crippen molar-refractivity contribution < 1.29 is 26.2 Å². The van der Waals surface area contributed by atoms with Crippen LogP contribution in [0.4, 0.5) is 0 Å². The molecule has 11 heavy (non-hydrogen) atoms. The molecule has 0 unspecified atom stereocenters. The van der Waals surface area contributed by atoms with Gasteiger partial charge in [-0.15, -0.1) is 0 Å². The van der Waals surface area contributed by atoms with Gasteiger partial charge in [-0.3, -0.25) is 0 Å². The van der Waals surface area contributed by atoms with E-state index in [1.807, 2.05) is 0 Å². The molecule has 0 nitrogen and oxygen atoms in total. The van der Waals surface area contributed by atoms with E-state index in [4.69, 9.17) is 0 Å². The minimum Gasteiger partial charge on any atom is -0.0801 e. The Morgan fingerprint density at radius 3 is 1.55 bits per heavy atom. The Morgan fingerprint density at radius 1 is 0.818 bits per heavy atom. The molecule has 1 heteroatoms. The van der Waals surface area contributed by atoms with Crippen LogP contribution >= 0.6 is 0 Å². The Bertz CT molecular complexity index is 226. The molecule has 0 aromatic rings. The molecule has 0 aromatic heterocycles. The molecule has 54 valence electrons. The van der Waals surface area contributed by atoms with Crippen molar-refractivity contribution in [1.29, 1.82) is 0 Å². The van der Waals surface area contributed by atoms with E-state index in [1.165, 1.54) is 11.1 Å². The van der Waals surface area contributed by atoms with Gasteiger partial charge in [-0.2, -0.15) is 0 Å². The summed E-state index contributed by atoms with van der Waals surface area (Å²) in [6, 6.07) is 0. The average Bonchev–Trinajstić information content (AvgIpc) is 2.59. The summed E-state index contributed by atoms with van der Waals surface area (Å²) in [6.45, 7) is 0. The van der Waals surface area contributed by atoms with Crippen molar-refractivity contribution in [3.63, 3.8) is 0 Å². The topological polar surface area (TPSA) is 0 Å². The molecule has 0 aromatic carbocycles. The summed E-state index contributed by atoms with van der Waals surface area (Å²) in [6.07, 6.45) is 15.4. The minimum atomic E-state index is 0. The van der Waals surface area contributed by atoms with E-state index in [9.17, 15) is 0 Å². The Morgan fingerprint density at radius 2 is 1.27 bits per heavy atom. The van der Waals surface area contributed by atoms with Gasteiger partial charge in [-0.1, -0.05) is 36.5 Å². The zero-order chi connectivity index (χ0) is 6.81. The van der Waals surface area contributed by atoms with Gasteiger partial charge in [0.2, 0.25) is 0 Å². The second-order valence-corrected chi connectivity index (χ2v) is 2.65. The number of allylic oxidation sites excluding steroid dienone is 8. The van der Waals surface area contributed by atoms with E-state index in [1.54, 1.807) is 0 Å². The molecule has 0 amide bonds. The van der Waals surface area contributed by atoms with Crippen LogP contribution in [0.5, 0.6) is 0 Å². The standard InChI is InChI=1S/C10H10.Zr/c1-2-6-9(5-1)10-7-3-4-8-10;/h1-5,7H,6,8H2;. The summed E-state index contributed by atoms with van der Waals surface area (Å²) >= 11 is 0. The summed E-state index contributed by atoms with van der Waals surface area (Å²) in [5.41, 5.74) is 2.98. The summed E-state index contributed by atoms with van der Waals surface area (Å²) in [7, 11) is 0. The second-order valence-electron chi connectivity index (χ2n) is 2.65. The van der Waals surface area contributed by atoms with Gasteiger partial charge in [0.15, 0.2) is 0 Å². The van der Waals surface area contributed by atoms with Crippen molar-refractivity contribution >= 4 is 0 Å². The summed E-state index contributed by atoms with van der Waals surface area (Å²) < 4.78 is 0. The maximum absolute atomic E-state index is 2.21. The quantitative estimate of drug-likeness (QED) is 0.639. The summed E-state index contributed by atoms with van der Waals surface area (Å²) in [5, 5.41) is 0. The van der Waals surface area contributed by atoms with Crippen molar-refractivity contribution in [3.8, 4) is 0 Å². The first-order valence-electron chi connectivity index (χ1n) is 3.68. The largest absolute Gasteiger partial charge is 0.0801 e. The normalized spacial score (nSPS) is 19.6. The van der Waals surface area contributed by atoms with Crippen LogP contribution in [0.1, 0.15) is 12.8 Å². The number of rotatable bonds is 1. The first kappa shape index (κ1) is 8.94. The van der Waals surface area contributed by atoms with Crippen LogP contribution < -0.4 is 0 Å². The molecule has 0 aliphatic heterocycles. The SMILES string of the molecule is C1=CCC(C2=CC=CC2)=C1.[Zr]. The molecule has 0 bridgehead atoms. The maximum atomic E-state index is 2.21. The first-order valence-corrected chi connectivity index (χ1v) is 3.68. The van der Waals surface area contributed by atoms with E-state index in [-0.39, 0.29) is 26.2 Å². The molecule has 2 aliphatic rings. The van der Waals surface area contributed by atoms with E-state index in [0.717, 1.165) is 12.8 Å². The van der Waals surface area contributed by atoms with Crippen LogP contribution in [0, 0.1) is 0 Å². The molecule has 0 fully saturated rings. The molecule has 0 radical (unpaired) electrons. The van der Waals surface area contributed by atoms with Gasteiger partial charge in [0.1, 0.15) is 0 Å². The predicted molar refractivity (Wildman–Crippen MR) is 43.7 cm³/mol. The van der Waals surface area contributed by atoms with Crippen LogP contribution in [0.15, 0.2) is 47.6 Å². The third-order valence-electron chi connectivity index (χ3n) is 1.95. The Balaban J connectivity index is 0.000000605. The van der Waals surface area contributed by atoms with Gasteiger partial charge in [-0.05, 0) is 24.0 Å². The van der Waals surface area contributed by atoms with E-state index < -0.39 is 0 Å².